The molecule has 1 aliphatic carbocycles. The highest BCUT2D eigenvalue weighted by Gasteiger charge is 2.35. The minimum Gasteiger partial charge on any atom is -0.334 e. The second-order valence-corrected chi connectivity index (χ2v) is 8.50. The number of benzene rings is 2. The van der Waals surface area contributed by atoms with Gasteiger partial charge in [-0.15, -0.1) is 11.8 Å². The van der Waals surface area contributed by atoms with Gasteiger partial charge in [-0.05, 0) is 43.0 Å². The molecule has 0 aromatic heterocycles. The van der Waals surface area contributed by atoms with Crippen molar-refractivity contribution in [1.29, 1.82) is 0 Å². The van der Waals surface area contributed by atoms with Crippen LogP contribution in [0.1, 0.15) is 43.5 Å². The van der Waals surface area contributed by atoms with Crippen molar-refractivity contribution < 1.29 is 4.79 Å². The number of carbonyl (C=O) groups is 1. The fourth-order valence-corrected chi connectivity index (χ4v) is 4.97. The van der Waals surface area contributed by atoms with Crippen LogP contribution in [0.25, 0.3) is 0 Å². The minimum atomic E-state index is 0.180. The lowest BCUT2D eigenvalue weighted by atomic mass is 10.1. The molecule has 1 unspecified atom stereocenters. The van der Waals surface area contributed by atoms with Crippen LogP contribution in [0.2, 0.25) is 0 Å². The van der Waals surface area contributed by atoms with E-state index in [2.05, 4.69) is 49.1 Å². The van der Waals surface area contributed by atoms with Crippen molar-refractivity contribution >= 4 is 17.7 Å². The molecule has 3 heteroatoms. The highest BCUT2D eigenvalue weighted by atomic mass is 32.2. The first-order valence-electron chi connectivity index (χ1n) is 9.23. The summed E-state index contributed by atoms with van der Waals surface area (Å²) in [6.45, 7) is 5.21. The van der Waals surface area contributed by atoms with E-state index in [0.717, 1.165) is 18.5 Å². The maximum absolute atomic E-state index is 13.2. The first-order valence-corrected chi connectivity index (χ1v) is 10.1. The molecule has 2 aromatic carbocycles. The molecule has 0 heterocycles. The van der Waals surface area contributed by atoms with E-state index in [9.17, 15) is 4.79 Å². The van der Waals surface area contributed by atoms with E-state index in [-0.39, 0.29) is 5.91 Å². The summed E-state index contributed by atoms with van der Waals surface area (Å²) in [5, 5.41) is 0.480. The highest BCUT2D eigenvalue weighted by Crippen LogP contribution is 2.38. The van der Waals surface area contributed by atoms with Crippen LogP contribution in [0.4, 0.5) is 0 Å². The lowest BCUT2D eigenvalue weighted by molar-refractivity contribution is 0.0660. The molecule has 0 bridgehead atoms. The number of thioether (sulfide) groups is 1. The Hall–Kier alpha value is -1.74. The van der Waals surface area contributed by atoms with Gasteiger partial charge in [0.05, 0.1) is 0 Å². The van der Waals surface area contributed by atoms with Gasteiger partial charge in [0.25, 0.3) is 5.91 Å². The minimum absolute atomic E-state index is 0.180. The molecule has 132 valence electrons. The van der Waals surface area contributed by atoms with Gasteiger partial charge in [-0.25, -0.2) is 0 Å². The van der Waals surface area contributed by atoms with E-state index in [1.54, 1.807) is 0 Å². The summed E-state index contributed by atoms with van der Waals surface area (Å²) in [6, 6.07) is 20.6. The smallest absolute Gasteiger partial charge is 0.254 e. The lowest BCUT2D eigenvalue weighted by Gasteiger charge is -2.34. The highest BCUT2D eigenvalue weighted by molar-refractivity contribution is 8.00. The van der Waals surface area contributed by atoms with E-state index >= 15 is 0 Å². The normalized spacial score (nSPS) is 20.0. The molecule has 2 aromatic rings. The fourth-order valence-electron chi connectivity index (χ4n) is 3.58. The van der Waals surface area contributed by atoms with Gasteiger partial charge >= 0.3 is 0 Å². The standard InChI is InChI=1S/C22H27NOS/c1-17(2)16-23(22(24)18-10-5-3-6-11-18)20-14-9-15-21(20)25-19-12-7-4-8-13-19/h3-8,10-13,17,20-21H,9,14-16H2,1-2H3/t20?,21-/m0/s1. The van der Waals surface area contributed by atoms with Crippen molar-refractivity contribution in [1.82, 2.24) is 4.90 Å². The summed E-state index contributed by atoms with van der Waals surface area (Å²) in [7, 11) is 0. The molecule has 1 saturated carbocycles. The van der Waals surface area contributed by atoms with Crippen molar-refractivity contribution in [2.75, 3.05) is 6.54 Å². The summed E-state index contributed by atoms with van der Waals surface area (Å²) >= 11 is 1.93. The Morgan fingerprint density at radius 3 is 2.32 bits per heavy atom. The molecule has 0 radical (unpaired) electrons. The first kappa shape index (κ1) is 18.1. The van der Waals surface area contributed by atoms with Crippen molar-refractivity contribution in [2.24, 2.45) is 5.92 Å². The first-order chi connectivity index (χ1) is 12.1. The van der Waals surface area contributed by atoms with Crippen LogP contribution in [0.5, 0.6) is 0 Å². The van der Waals surface area contributed by atoms with Crippen LogP contribution in [-0.4, -0.2) is 28.6 Å². The molecular formula is C22H27NOS. The Bertz CT molecular complexity index is 671. The van der Waals surface area contributed by atoms with E-state index in [0.29, 0.717) is 17.2 Å². The van der Waals surface area contributed by atoms with Crippen molar-refractivity contribution in [3.05, 3.63) is 66.2 Å². The topological polar surface area (TPSA) is 20.3 Å². The Balaban J connectivity index is 1.80. The molecule has 0 aliphatic heterocycles. The molecule has 1 aliphatic rings. The molecule has 0 spiro atoms. The van der Waals surface area contributed by atoms with E-state index in [4.69, 9.17) is 0 Å². The summed E-state index contributed by atoms with van der Waals surface area (Å²) in [5.74, 6) is 0.649. The Labute approximate surface area is 155 Å². The summed E-state index contributed by atoms with van der Waals surface area (Å²) in [5.41, 5.74) is 0.804. The number of rotatable bonds is 6. The average Bonchev–Trinajstić information content (AvgIpc) is 3.08. The van der Waals surface area contributed by atoms with Crippen LogP contribution in [0, 0.1) is 5.92 Å². The van der Waals surface area contributed by atoms with Gasteiger partial charge in [-0.3, -0.25) is 4.79 Å². The van der Waals surface area contributed by atoms with E-state index in [1.165, 1.54) is 17.7 Å². The fraction of sp³-hybridized carbons (Fsp3) is 0.409. The van der Waals surface area contributed by atoms with Gasteiger partial charge in [-0.2, -0.15) is 0 Å². The number of hydrogen-bond donors (Lipinski definition) is 0. The third kappa shape index (κ3) is 4.66. The maximum atomic E-state index is 13.2. The molecule has 2 nitrogen and oxygen atoms in total. The second kappa shape index (κ2) is 8.57. The Morgan fingerprint density at radius 2 is 1.68 bits per heavy atom. The molecule has 3 rings (SSSR count). The molecule has 0 N–H and O–H groups in total. The molecule has 25 heavy (non-hydrogen) atoms. The summed E-state index contributed by atoms with van der Waals surface area (Å²) < 4.78 is 0. The van der Waals surface area contributed by atoms with E-state index < -0.39 is 0 Å². The maximum Gasteiger partial charge on any atom is 0.254 e. The molecule has 1 amide bonds. The monoisotopic (exact) mass is 353 g/mol. The number of amides is 1. The zero-order valence-corrected chi connectivity index (χ0v) is 15.9. The van der Waals surface area contributed by atoms with Crippen molar-refractivity contribution in [2.45, 2.75) is 49.3 Å². The zero-order valence-electron chi connectivity index (χ0n) is 15.1. The van der Waals surface area contributed by atoms with Gasteiger partial charge in [0.15, 0.2) is 0 Å². The largest absolute Gasteiger partial charge is 0.334 e. The van der Waals surface area contributed by atoms with Crippen LogP contribution in [-0.2, 0) is 0 Å². The third-order valence-electron chi connectivity index (χ3n) is 4.69. The zero-order chi connectivity index (χ0) is 17.6. The quantitative estimate of drug-likeness (QED) is 0.683. The van der Waals surface area contributed by atoms with Crippen molar-refractivity contribution in [3.8, 4) is 0 Å². The lowest BCUT2D eigenvalue weighted by Crippen LogP contribution is -2.45. The second-order valence-electron chi connectivity index (χ2n) is 7.18. The predicted molar refractivity (Wildman–Crippen MR) is 106 cm³/mol. The number of carbonyl (C=O) groups excluding carboxylic acids is 1. The molecule has 1 fully saturated rings. The van der Waals surface area contributed by atoms with Crippen LogP contribution < -0.4 is 0 Å². The van der Waals surface area contributed by atoms with Gasteiger partial charge in [-0.1, -0.05) is 56.7 Å². The van der Waals surface area contributed by atoms with Crippen LogP contribution >= 0.6 is 11.8 Å². The SMILES string of the molecule is CC(C)CN(C(=O)c1ccccc1)C1CCC[C@@H]1Sc1ccccc1. The molecule has 0 saturated heterocycles. The van der Waals surface area contributed by atoms with Crippen LogP contribution in [0.3, 0.4) is 0 Å². The molecular weight excluding hydrogens is 326 g/mol. The van der Waals surface area contributed by atoms with Gasteiger partial charge in [0.1, 0.15) is 0 Å². The van der Waals surface area contributed by atoms with E-state index in [1.807, 2.05) is 42.1 Å². The third-order valence-corrected chi connectivity index (χ3v) is 6.09. The van der Waals surface area contributed by atoms with Gasteiger partial charge in [0.2, 0.25) is 0 Å². The predicted octanol–water partition coefficient (Wildman–Crippen LogP) is 5.50. The number of nitrogens with zero attached hydrogens (tertiary/aromatic N) is 1. The summed E-state index contributed by atoms with van der Waals surface area (Å²) in [4.78, 5) is 16.6. The Morgan fingerprint density at radius 1 is 1.04 bits per heavy atom. The van der Waals surface area contributed by atoms with Gasteiger partial charge in [0, 0.05) is 28.3 Å². The Kier molecular flexibility index (Phi) is 6.19. The summed E-state index contributed by atoms with van der Waals surface area (Å²) in [6.07, 6.45) is 3.49. The van der Waals surface area contributed by atoms with Gasteiger partial charge < -0.3 is 4.90 Å². The molecule has 2 atom stereocenters. The van der Waals surface area contributed by atoms with Crippen LogP contribution in [0.15, 0.2) is 65.6 Å². The van der Waals surface area contributed by atoms with Crippen molar-refractivity contribution in [3.63, 3.8) is 0 Å². The average molecular weight is 354 g/mol. The number of hydrogen-bond acceptors (Lipinski definition) is 2.